The van der Waals surface area contributed by atoms with E-state index >= 15 is 0 Å². The Bertz CT molecular complexity index is 804. The zero-order valence-corrected chi connectivity index (χ0v) is 12.3. The van der Waals surface area contributed by atoms with Crippen molar-refractivity contribution in [1.29, 1.82) is 0 Å². The molecule has 1 heterocycles. The van der Waals surface area contributed by atoms with Crippen LogP contribution in [0.15, 0.2) is 36.4 Å². The van der Waals surface area contributed by atoms with E-state index in [9.17, 15) is 0 Å². The summed E-state index contributed by atoms with van der Waals surface area (Å²) in [4.78, 5) is 0. The molecule has 0 aliphatic carbocycles. The first kappa shape index (κ1) is 13.3. The van der Waals surface area contributed by atoms with E-state index in [2.05, 4.69) is 41.5 Å². The standard InChI is InChI=1S/C16H17N5/c1-10-4-7-15(12(3)8-10)21-16(18-19-20-21)14-9-13(17)6-5-11(14)2/h4-9H,17H2,1-3H3. The van der Waals surface area contributed by atoms with Gasteiger partial charge in [0.25, 0.3) is 0 Å². The van der Waals surface area contributed by atoms with Gasteiger partial charge in [-0.2, -0.15) is 4.68 Å². The van der Waals surface area contributed by atoms with E-state index < -0.39 is 0 Å². The molecule has 0 atom stereocenters. The summed E-state index contributed by atoms with van der Waals surface area (Å²) in [6.45, 7) is 6.15. The van der Waals surface area contributed by atoms with Crippen molar-refractivity contribution in [3.8, 4) is 17.1 Å². The lowest BCUT2D eigenvalue weighted by Crippen LogP contribution is -2.03. The van der Waals surface area contributed by atoms with Gasteiger partial charge < -0.3 is 5.73 Å². The maximum absolute atomic E-state index is 5.89. The van der Waals surface area contributed by atoms with E-state index in [1.54, 1.807) is 4.68 Å². The molecule has 5 heteroatoms. The van der Waals surface area contributed by atoms with Crippen LogP contribution in [0.2, 0.25) is 0 Å². The first-order valence-electron chi connectivity index (χ1n) is 6.79. The summed E-state index contributed by atoms with van der Waals surface area (Å²) in [5.74, 6) is 0.701. The van der Waals surface area contributed by atoms with Crippen molar-refractivity contribution in [2.45, 2.75) is 20.8 Å². The van der Waals surface area contributed by atoms with Crippen molar-refractivity contribution in [2.24, 2.45) is 0 Å². The van der Waals surface area contributed by atoms with Crippen LogP contribution < -0.4 is 5.73 Å². The second kappa shape index (κ2) is 5.01. The minimum absolute atomic E-state index is 0.700. The van der Waals surface area contributed by atoms with Gasteiger partial charge in [0.2, 0.25) is 0 Å². The van der Waals surface area contributed by atoms with Gasteiger partial charge in [-0.25, -0.2) is 0 Å². The van der Waals surface area contributed by atoms with Crippen molar-refractivity contribution < 1.29 is 0 Å². The Kier molecular flexibility index (Phi) is 3.17. The minimum Gasteiger partial charge on any atom is -0.399 e. The molecule has 106 valence electrons. The third-order valence-electron chi connectivity index (χ3n) is 3.55. The number of benzene rings is 2. The first-order valence-corrected chi connectivity index (χ1v) is 6.79. The third kappa shape index (κ3) is 2.38. The molecule has 2 aromatic carbocycles. The predicted molar refractivity (Wildman–Crippen MR) is 83.2 cm³/mol. The lowest BCUT2D eigenvalue weighted by Gasteiger charge is -2.10. The summed E-state index contributed by atoms with van der Waals surface area (Å²) in [6.07, 6.45) is 0. The number of tetrazole rings is 1. The normalized spacial score (nSPS) is 10.8. The fraction of sp³-hybridized carbons (Fsp3) is 0.188. The minimum atomic E-state index is 0.700. The van der Waals surface area contributed by atoms with Crippen molar-refractivity contribution in [3.63, 3.8) is 0 Å². The van der Waals surface area contributed by atoms with Crippen LogP contribution in [-0.2, 0) is 0 Å². The lowest BCUT2D eigenvalue weighted by atomic mass is 10.1. The first-order chi connectivity index (χ1) is 10.1. The number of nitrogens with two attached hydrogens (primary N) is 1. The average molecular weight is 279 g/mol. The summed E-state index contributed by atoms with van der Waals surface area (Å²) in [6, 6.07) is 12.0. The van der Waals surface area contributed by atoms with Crippen LogP contribution >= 0.6 is 0 Å². The van der Waals surface area contributed by atoms with Gasteiger partial charge in [-0.15, -0.1) is 5.10 Å². The Labute approximate surface area is 123 Å². The van der Waals surface area contributed by atoms with Crippen LogP contribution in [0.1, 0.15) is 16.7 Å². The number of nitrogen functional groups attached to an aromatic ring is 1. The predicted octanol–water partition coefficient (Wildman–Crippen LogP) is 2.84. The molecule has 0 saturated carbocycles. The Morgan fingerprint density at radius 1 is 0.952 bits per heavy atom. The Balaban J connectivity index is 2.19. The highest BCUT2D eigenvalue weighted by molar-refractivity contribution is 5.66. The fourth-order valence-corrected chi connectivity index (χ4v) is 2.44. The van der Waals surface area contributed by atoms with Gasteiger partial charge in [0.15, 0.2) is 5.82 Å². The second-order valence-corrected chi connectivity index (χ2v) is 5.28. The molecule has 0 radical (unpaired) electrons. The molecule has 2 N–H and O–H groups in total. The monoisotopic (exact) mass is 279 g/mol. The Morgan fingerprint density at radius 3 is 2.52 bits per heavy atom. The molecule has 0 spiro atoms. The summed E-state index contributed by atoms with van der Waals surface area (Å²) in [5.41, 5.74) is 11.9. The van der Waals surface area contributed by atoms with Crippen molar-refractivity contribution in [1.82, 2.24) is 20.2 Å². The van der Waals surface area contributed by atoms with E-state index in [-0.39, 0.29) is 0 Å². The molecule has 1 aromatic heterocycles. The van der Waals surface area contributed by atoms with Gasteiger partial charge in [-0.1, -0.05) is 23.8 Å². The van der Waals surface area contributed by atoms with E-state index in [0.717, 1.165) is 22.4 Å². The van der Waals surface area contributed by atoms with Crippen molar-refractivity contribution in [3.05, 3.63) is 53.1 Å². The Hall–Kier alpha value is -2.69. The second-order valence-electron chi connectivity index (χ2n) is 5.28. The largest absolute Gasteiger partial charge is 0.399 e. The SMILES string of the molecule is Cc1ccc(-n2nnnc2-c2cc(N)ccc2C)c(C)c1. The molecule has 3 rings (SSSR count). The van der Waals surface area contributed by atoms with Gasteiger partial charge in [-0.05, 0) is 60.5 Å². The zero-order chi connectivity index (χ0) is 15.0. The number of aryl methyl sites for hydroxylation is 3. The molecule has 5 nitrogen and oxygen atoms in total. The van der Waals surface area contributed by atoms with E-state index in [0.29, 0.717) is 11.5 Å². The average Bonchev–Trinajstić information content (AvgIpc) is 2.90. The summed E-state index contributed by atoms with van der Waals surface area (Å²) >= 11 is 0. The molecule has 0 unspecified atom stereocenters. The van der Waals surface area contributed by atoms with Gasteiger partial charge in [0, 0.05) is 11.3 Å². The zero-order valence-electron chi connectivity index (χ0n) is 12.3. The highest BCUT2D eigenvalue weighted by Gasteiger charge is 2.14. The van der Waals surface area contributed by atoms with Gasteiger partial charge >= 0.3 is 0 Å². The number of aromatic nitrogens is 4. The molecule has 0 aliphatic heterocycles. The van der Waals surface area contributed by atoms with Crippen LogP contribution in [0.25, 0.3) is 17.1 Å². The number of anilines is 1. The smallest absolute Gasteiger partial charge is 0.187 e. The van der Waals surface area contributed by atoms with Gasteiger partial charge in [-0.3, -0.25) is 0 Å². The number of nitrogens with zero attached hydrogens (tertiary/aromatic N) is 4. The molecule has 0 fully saturated rings. The van der Waals surface area contributed by atoms with Crippen LogP contribution in [0.3, 0.4) is 0 Å². The molecule has 0 amide bonds. The molecule has 3 aromatic rings. The van der Waals surface area contributed by atoms with E-state index in [1.807, 2.05) is 31.2 Å². The quantitative estimate of drug-likeness (QED) is 0.732. The molecular formula is C16H17N5. The number of hydrogen-bond acceptors (Lipinski definition) is 4. The van der Waals surface area contributed by atoms with Gasteiger partial charge in [0.1, 0.15) is 0 Å². The summed E-state index contributed by atoms with van der Waals surface area (Å²) in [5, 5.41) is 12.1. The Morgan fingerprint density at radius 2 is 1.76 bits per heavy atom. The van der Waals surface area contributed by atoms with Gasteiger partial charge in [0.05, 0.1) is 5.69 Å². The number of hydrogen-bond donors (Lipinski definition) is 1. The van der Waals surface area contributed by atoms with Crippen molar-refractivity contribution in [2.75, 3.05) is 5.73 Å². The fourth-order valence-electron chi connectivity index (χ4n) is 2.44. The highest BCUT2D eigenvalue weighted by Crippen LogP contribution is 2.26. The third-order valence-corrected chi connectivity index (χ3v) is 3.55. The number of rotatable bonds is 2. The molecule has 21 heavy (non-hydrogen) atoms. The lowest BCUT2D eigenvalue weighted by molar-refractivity contribution is 0.787. The molecule has 0 bridgehead atoms. The van der Waals surface area contributed by atoms with E-state index in [1.165, 1.54) is 5.56 Å². The summed E-state index contributed by atoms with van der Waals surface area (Å²) < 4.78 is 1.76. The van der Waals surface area contributed by atoms with E-state index in [4.69, 9.17) is 5.73 Å². The van der Waals surface area contributed by atoms with Crippen LogP contribution in [-0.4, -0.2) is 20.2 Å². The molecule has 0 saturated heterocycles. The molecule has 0 aliphatic rings. The maximum Gasteiger partial charge on any atom is 0.187 e. The highest BCUT2D eigenvalue weighted by atomic mass is 15.5. The summed E-state index contributed by atoms with van der Waals surface area (Å²) in [7, 11) is 0. The molecular weight excluding hydrogens is 262 g/mol. The van der Waals surface area contributed by atoms with Crippen LogP contribution in [0.4, 0.5) is 5.69 Å². The van der Waals surface area contributed by atoms with Crippen LogP contribution in [0.5, 0.6) is 0 Å². The van der Waals surface area contributed by atoms with Crippen molar-refractivity contribution >= 4 is 5.69 Å². The maximum atomic E-state index is 5.89. The topological polar surface area (TPSA) is 69.6 Å². The van der Waals surface area contributed by atoms with Crippen LogP contribution in [0, 0.1) is 20.8 Å².